The molecule has 0 spiro atoms. The summed E-state index contributed by atoms with van der Waals surface area (Å²) >= 11 is 0. The van der Waals surface area contributed by atoms with E-state index in [0.29, 0.717) is 19.3 Å². The van der Waals surface area contributed by atoms with Gasteiger partial charge in [-0.1, -0.05) is 54.6 Å². The van der Waals surface area contributed by atoms with Gasteiger partial charge in [-0.05, 0) is 16.7 Å². The normalized spacial score (nSPS) is 9.84. The van der Waals surface area contributed by atoms with E-state index in [-0.39, 0.29) is 5.78 Å². The van der Waals surface area contributed by atoms with Gasteiger partial charge in [-0.25, -0.2) is 0 Å². The Balaban J connectivity index is 2.03. The monoisotopic (exact) mass is 249 g/mol. The summed E-state index contributed by atoms with van der Waals surface area (Å²) < 4.78 is 0. The van der Waals surface area contributed by atoms with Crippen LogP contribution >= 0.6 is 0 Å². The van der Waals surface area contributed by atoms with Crippen LogP contribution in [0.15, 0.2) is 54.6 Å². The minimum atomic E-state index is 0.119. The average molecular weight is 249 g/mol. The molecule has 2 rings (SSSR count). The molecule has 0 aliphatic carbocycles. The van der Waals surface area contributed by atoms with Crippen molar-refractivity contribution in [2.45, 2.75) is 19.3 Å². The number of hydrogen-bond donors (Lipinski definition) is 0. The number of nitriles is 1. The Morgan fingerprint density at radius 3 is 2.21 bits per heavy atom. The van der Waals surface area contributed by atoms with Crippen LogP contribution in [-0.4, -0.2) is 5.78 Å². The van der Waals surface area contributed by atoms with Crippen molar-refractivity contribution in [3.8, 4) is 17.2 Å². The fraction of sp³-hybridized carbons (Fsp3) is 0.176. The molecule has 0 bridgehead atoms. The molecule has 0 fully saturated rings. The second-order valence-corrected chi connectivity index (χ2v) is 4.44. The van der Waals surface area contributed by atoms with Gasteiger partial charge < -0.3 is 0 Å². The van der Waals surface area contributed by atoms with Crippen LogP contribution in [0, 0.1) is 11.3 Å². The van der Waals surface area contributed by atoms with E-state index in [2.05, 4.69) is 12.1 Å². The van der Waals surface area contributed by atoms with Crippen molar-refractivity contribution in [2.75, 3.05) is 0 Å². The number of hydrogen-bond acceptors (Lipinski definition) is 2. The van der Waals surface area contributed by atoms with Crippen LogP contribution in [0.4, 0.5) is 0 Å². The standard InChI is InChI=1S/C17H15NO/c18-12-4-7-17(19)13-14-8-10-16(11-9-14)15-5-2-1-3-6-15/h1-3,5-6,8-11H,4,7,13H2. The van der Waals surface area contributed by atoms with Gasteiger partial charge in [0.15, 0.2) is 0 Å². The summed E-state index contributed by atoms with van der Waals surface area (Å²) in [5, 5.41) is 8.44. The van der Waals surface area contributed by atoms with Crippen molar-refractivity contribution >= 4 is 5.78 Å². The third-order valence-electron chi connectivity index (χ3n) is 2.98. The van der Waals surface area contributed by atoms with E-state index in [4.69, 9.17) is 5.26 Å². The molecule has 94 valence electrons. The lowest BCUT2D eigenvalue weighted by Crippen LogP contribution is -2.01. The summed E-state index contributed by atoms with van der Waals surface area (Å²) in [6.07, 6.45) is 1.06. The van der Waals surface area contributed by atoms with Crippen molar-refractivity contribution in [2.24, 2.45) is 0 Å². The van der Waals surface area contributed by atoms with Crippen molar-refractivity contribution in [3.05, 3.63) is 60.2 Å². The van der Waals surface area contributed by atoms with Crippen molar-refractivity contribution in [1.29, 1.82) is 5.26 Å². The highest BCUT2D eigenvalue weighted by Gasteiger charge is 2.04. The van der Waals surface area contributed by atoms with Crippen LogP contribution in [-0.2, 0) is 11.2 Å². The van der Waals surface area contributed by atoms with E-state index in [1.807, 2.05) is 48.5 Å². The first kappa shape index (κ1) is 13.0. The van der Waals surface area contributed by atoms with Gasteiger partial charge in [0.2, 0.25) is 0 Å². The number of rotatable bonds is 5. The van der Waals surface area contributed by atoms with Gasteiger partial charge in [0.1, 0.15) is 5.78 Å². The van der Waals surface area contributed by atoms with Gasteiger partial charge in [0.05, 0.1) is 6.07 Å². The van der Waals surface area contributed by atoms with Gasteiger partial charge in [-0.3, -0.25) is 4.79 Å². The van der Waals surface area contributed by atoms with Crippen LogP contribution in [0.25, 0.3) is 11.1 Å². The molecule has 2 aromatic carbocycles. The molecule has 19 heavy (non-hydrogen) atoms. The molecule has 0 saturated carbocycles. The van der Waals surface area contributed by atoms with E-state index >= 15 is 0 Å². The number of carbonyl (C=O) groups is 1. The van der Waals surface area contributed by atoms with Gasteiger partial charge in [0, 0.05) is 19.3 Å². The molecule has 0 aliphatic rings. The maximum Gasteiger partial charge on any atom is 0.138 e. The molecule has 0 unspecified atom stereocenters. The van der Waals surface area contributed by atoms with Crippen LogP contribution < -0.4 is 0 Å². The summed E-state index contributed by atoms with van der Waals surface area (Å²) in [5.74, 6) is 0.119. The van der Waals surface area contributed by atoms with Gasteiger partial charge in [-0.2, -0.15) is 5.26 Å². The molecular weight excluding hydrogens is 234 g/mol. The topological polar surface area (TPSA) is 40.9 Å². The van der Waals surface area contributed by atoms with Gasteiger partial charge in [0.25, 0.3) is 0 Å². The Morgan fingerprint density at radius 2 is 1.58 bits per heavy atom. The van der Waals surface area contributed by atoms with Gasteiger partial charge >= 0.3 is 0 Å². The molecule has 0 saturated heterocycles. The van der Waals surface area contributed by atoms with Crippen LogP contribution in [0.2, 0.25) is 0 Å². The molecule has 0 radical (unpaired) electrons. The zero-order valence-electron chi connectivity index (χ0n) is 10.7. The van der Waals surface area contributed by atoms with E-state index in [1.165, 1.54) is 5.56 Å². The largest absolute Gasteiger partial charge is 0.299 e. The molecular formula is C17H15NO. The zero-order valence-corrected chi connectivity index (χ0v) is 10.7. The minimum absolute atomic E-state index is 0.119. The Bertz CT molecular complexity index is 579. The first-order valence-corrected chi connectivity index (χ1v) is 6.32. The second kappa shape index (κ2) is 6.51. The van der Waals surface area contributed by atoms with Crippen LogP contribution in [0.1, 0.15) is 18.4 Å². The Labute approximate surface area is 113 Å². The average Bonchev–Trinajstić information content (AvgIpc) is 2.47. The zero-order chi connectivity index (χ0) is 13.5. The van der Waals surface area contributed by atoms with E-state index in [1.54, 1.807) is 0 Å². The highest BCUT2D eigenvalue weighted by molar-refractivity contribution is 5.81. The molecule has 0 heterocycles. The van der Waals surface area contributed by atoms with Gasteiger partial charge in [-0.15, -0.1) is 0 Å². The number of benzene rings is 2. The maximum atomic E-state index is 11.6. The predicted octanol–water partition coefficient (Wildman–Crippen LogP) is 3.77. The molecule has 2 nitrogen and oxygen atoms in total. The summed E-state index contributed by atoms with van der Waals surface area (Å²) in [6.45, 7) is 0. The molecule has 0 aliphatic heterocycles. The predicted molar refractivity (Wildman–Crippen MR) is 75.4 cm³/mol. The molecule has 2 heteroatoms. The van der Waals surface area contributed by atoms with Crippen LogP contribution in [0.5, 0.6) is 0 Å². The summed E-state index contributed by atoms with van der Waals surface area (Å²) in [6, 6.07) is 20.1. The summed E-state index contributed by atoms with van der Waals surface area (Å²) in [4.78, 5) is 11.6. The summed E-state index contributed by atoms with van der Waals surface area (Å²) in [7, 11) is 0. The quantitative estimate of drug-likeness (QED) is 0.809. The third-order valence-corrected chi connectivity index (χ3v) is 2.98. The number of Topliss-reactive ketones (excluding diaryl/α,β-unsaturated/α-hetero) is 1. The molecule has 0 aromatic heterocycles. The maximum absolute atomic E-state index is 11.6. The minimum Gasteiger partial charge on any atom is -0.299 e. The number of carbonyl (C=O) groups excluding carboxylic acids is 1. The molecule has 0 N–H and O–H groups in total. The van der Waals surface area contributed by atoms with Crippen molar-refractivity contribution < 1.29 is 4.79 Å². The summed E-state index contributed by atoms with van der Waals surface area (Å²) in [5.41, 5.74) is 3.32. The van der Waals surface area contributed by atoms with E-state index in [0.717, 1.165) is 11.1 Å². The first-order valence-electron chi connectivity index (χ1n) is 6.32. The number of ketones is 1. The lowest BCUT2D eigenvalue weighted by Gasteiger charge is -2.04. The number of nitrogens with zero attached hydrogens (tertiary/aromatic N) is 1. The Morgan fingerprint density at radius 1 is 0.947 bits per heavy atom. The highest BCUT2D eigenvalue weighted by atomic mass is 16.1. The highest BCUT2D eigenvalue weighted by Crippen LogP contribution is 2.19. The fourth-order valence-electron chi connectivity index (χ4n) is 1.96. The first-order chi connectivity index (χ1) is 9.29. The van der Waals surface area contributed by atoms with Crippen molar-refractivity contribution in [3.63, 3.8) is 0 Å². The third kappa shape index (κ3) is 3.79. The van der Waals surface area contributed by atoms with Crippen molar-refractivity contribution in [1.82, 2.24) is 0 Å². The fourth-order valence-corrected chi connectivity index (χ4v) is 1.96. The molecule has 0 amide bonds. The molecule has 0 atom stereocenters. The second-order valence-electron chi connectivity index (χ2n) is 4.44. The van der Waals surface area contributed by atoms with E-state index in [9.17, 15) is 4.79 Å². The lowest BCUT2D eigenvalue weighted by molar-refractivity contribution is -0.118. The Hall–Kier alpha value is -2.40. The SMILES string of the molecule is N#CCCC(=O)Cc1ccc(-c2ccccc2)cc1. The lowest BCUT2D eigenvalue weighted by atomic mass is 10.0. The smallest absolute Gasteiger partial charge is 0.138 e. The molecule has 2 aromatic rings. The Kier molecular flexibility index (Phi) is 4.47. The van der Waals surface area contributed by atoms with E-state index < -0.39 is 0 Å². The van der Waals surface area contributed by atoms with Crippen LogP contribution in [0.3, 0.4) is 0 Å².